The first kappa shape index (κ1) is 16.1. The normalized spacial score (nSPS) is 10.4. The minimum atomic E-state index is -0.424. The molecule has 11 heteroatoms. The number of guanidine groups is 1. The molecule has 0 bridgehead atoms. The van der Waals surface area contributed by atoms with E-state index in [0.717, 1.165) is 17.2 Å². The van der Waals surface area contributed by atoms with Gasteiger partial charge in [-0.2, -0.15) is 16.8 Å². The van der Waals surface area contributed by atoms with Crippen molar-refractivity contribution in [1.29, 1.82) is 0 Å². The molecule has 6 N–H and O–H groups in total. The monoisotopic (exact) mass is 341 g/mol. The highest BCUT2D eigenvalue weighted by molar-refractivity contribution is 7.98. The first-order valence-electron chi connectivity index (χ1n) is 6.23. The zero-order valence-electron chi connectivity index (χ0n) is 11.5. The molecular formula is C11H15N7O2S2. The molecule has 0 unspecified atom stereocenters. The van der Waals surface area contributed by atoms with Gasteiger partial charge in [0.1, 0.15) is 0 Å². The minimum absolute atomic E-state index is 0.00899. The second-order valence-electron chi connectivity index (χ2n) is 4.13. The SMILES string of the molecule is NC(N)=Nc1nc(CSCCNc2[nH]ccc2[N+](=O)[O-])cs1. The van der Waals surface area contributed by atoms with Crippen LogP contribution in [0.15, 0.2) is 22.6 Å². The Morgan fingerprint density at radius 3 is 3.14 bits per heavy atom. The largest absolute Gasteiger partial charge is 0.370 e. The predicted octanol–water partition coefficient (Wildman–Crippen LogP) is 1.63. The van der Waals surface area contributed by atoms with Crippen molar-refractivity contribution in [1.82, 2.24) is 9.97 Å². The molecule has 0 aliphatic carbocycles. The molecule has 0 saturated heterocycles. The average Bonchev–Trinajstić information content (AvgIpc) is 3.07. The highest BCUT2D eigenvalue weighted by Gasteiger charge is 2.13. The van der Waals surface area contributed by atoms with Crippen molar-refractivity contribution < 1.29 is 4.92 Å². The molecule has 0 spiro atoms. The lowest BCUT2D eigenvalue weighted by Crippen LogP contribution is -2.21. The van der Waals surface area contributed by atoms with Gasteiger partial charge in [-0.3, -0.25) is 10.1 Å². The van der Waals surface area contributed by atoms with Gasteiger partial charge in [-0.25, -0.2) is 4.98 Å². The third-order valence-electron chi connectivity index (χ3n) is 2.48. The van der Waals surface area contributed by atoms with Gasteiger partial charge in [0.05, 0.1) is 10.6 Å². The number of H-pyrrole nitrogens is 1. The van der Waals surface area contributed by atoms with Crippen LogP contribution < -0.4 is 16.8 Å². The number of nitrogens with one attached hydrogen (secondary N) is 2. The fourth-order valence-electron chi connectivity index (χ4n) is 1.60. The molecule has 0 atom stereocenters. The lowest BCUT2D eigenvalue weighted by atomic mass is 10.5. The van der Waals surface area contributed by atoms with E-state index < -0.39 is 4.92 Å². The Labute approximate surface area is 134 Å². The number of nitrogens with two attached hydrogens (primary N) is 2. The van der Waals surface area contributed by atoms with Crippen LogP contribution in [0, 0.1) is 10.1 Å². The predicted molar refractivity (Wildman–Crippen MR) is 89.7 cm³/mol. The summed E-state index contributed by atoms with van der Waals surface area (Å²) in [7, 11) is 0. The number of thioether (sulfide) groups is 1. The summed E-state index contributed by atoms with van der Waals surface area (Å²) in [5.74, 6) is 1.93. The number of thiazole rings is 1. The molecular weight excluding hydrogens is 326 g/mol. The molecule has 0 amide bonds. The van der Waals surface area contributed by atoms with Crippen LogP contribution in [0.4, 0.5) is 16.6 Å². The first-order valence-corrected chi connectivity index (χ1v) is 8.27. The van der Waals surface area contributed by atoms with Crippen molar-refractivity contribution in [3.05, 3.63) is 33.5 Å². The van der Waals surface area contributed by atoms with Crippen molar-refractivity contribution >= 4 is 45.7 Å². The Morgan fingerprint density at radius 1 is 1.59 bits per heavy atom. The maximum absolute atomic E-state index is 10.7. The summed E-state index contributed by atoms with van der Waals surface area (Å²) in [4.78, 5) is 21.3. The van der Waals surface area contributed by atoms with Gasteiger partial charge in [-0.15, -0.1) is 11.3 Å². The maximum Gasteiger partial charge on any atom is 0.310 e. The van der Waals surface area contributed by atoms with Gasteiger partial charge in [0, 0.05) is 35.7 Å². The van der Waals surface area contributed by atoms with Gasteiger partial charge >= 0.3 is 5.69 Å². The fourth-order valence-corrected chi connectivity index (χ4v) is 3.16. The minimum Gasteiger partial charge on any atom is -0.370 e. The van der Waals surface area contributed by atoms with Crippen molar-refractivity contribution in [2.45, 2.75) is 5.75 Å². The van der Waals surface area contributed by atoms with E-state index in [1.807, 2.05) is 5.38 Å². The number of hydrogen-bond donors (Lipinski definition) is 4. The van der Waals surface area contributed by atoms with Gasteiger partial charge in [0.15, 0.2) is 11.8 Å². The third kappa shape index (κ3) is 4.63. The van der Waals surface area contributed by atoms with Crippen LogP contribution in [-0.4, -0.2) is 33.1 Å². The van der Waals surface area contributed by atoms with E-state index in [1.54, 1.807) is 11.8 Å². The van der Waals surface area contributed by atoms with Gasteiger partial charge in [0.25, 0.3) is 0 Å². The fraction of sp³-hybridized carbons (Fsp3) is 0.273. The molecule has 0 aromatic carbocycles. The van der Waals surface area contributed by atoms with Crippen molar-refractivity contribution in [3.63, 3.8) is 0 Å². The zero-order chi connectivity index (χ0) is 15.9. The maximum atomic E-state index is 10.7. The van der Waals surface area contributed by atoms with Crippen LogP contribution >= 0.6 is 23.1 Å². The highest BCUT2D eigenvalue weighted by atomic mass is 32.2. The van der Waals surface area contributed by atoms with E-state index in [2.05, 4.69) is 20.3 Å². The standard InChI is InChI=1S/C11H15N7O2S2/c12-10(13)17-11-16-7(6-22-11)5-21-4-3-15-9-8(18(19)20)1-2-14-9/h1-2,6,14-15H,3-5H2,(H4,12,13,16,17). The van der Waals surface area contributed by atoms with Crippen LogP contribution in [0.25, 0.3) is 0 Å². The Bertz CT molecular complexity index is 663. The Kier molecular flexibility index (Phi) is 5.61. The van der Waals surface area contributed by atoms with Gasteiger partial charge in [-0.1, -0.05) is 0 Å². The zero-order valence-corrected chi connectivity index (χ0v) is 13.1. The first-order chi connectivity index (χ1) is 10.6. The Morgan fingerprint density at radius 2 is 2.41 bits per heavy atom. The number of nitrogens with zero attached hydrogens (tertiary/aromatic N) is 3. The van der Waals surface area contributed by atoms with Crippen molar-refractivity contribution in [3.8, 4) is 0 Å². The molecule has 2 rings (SSSR count). The molecule has 22 heavy (non-hydrogen) atoms. The number of nitro groups is 1. The third-order valence-corrected chi connectivity index (χ3v) is 4.26. The lowest BCUT2D eigenvalue weighted by Gasteiger charge is -2.03. The molecule has 2 heterocycles. The number of anilines is 1. The highest BCUT2D eigenvalue weighted by Crippen LogP contribution is 2.23. The second kappa shape index (κ2) is 7.66. The van der Waals surface area contributed by atoms with Gasteiger partial charge in [0.2, 0.25) is 5.13 Å². The van der Waals surface area contributed by atoms with E-state index >= 15 is 0 Å². The van der Waals surface area contributed by atoms with E-state index in [0.29, 0.717) is 17.5 Å². The van der Waals surface area contributed by atoms with Crippen LogP contribution in [0.5, 0.6) is 0 Å². The van der Waals surface area contributed by atoms with E-state index in [-0.39, 0.29) is 11.6 Å². The van der Waals surface area contributed by atoms with Crippen LogP contribution in [0.2, 0.25) is 0 Å². The van der Waals surface area contributed by atoms with Crippen molar-refractivity contribution in [2.24, 2.45) is 16.5 Å². The van der Waals surface area contributed by atoms with Crippen LogP contribution in [0.3, 0.4) is 0 Å². The number of rotatable bonds is 8. The number of aromatic amines is 1. The number of aliphatic imine (C=N–C) groups is 1. The molecule has 0 radical (unpaired) electrons. The molecule has 118 valence electrons. The van der Waals surface area contributed by atoms with E-state index in [4.69, 9.17) is 11.5 Å². The number of hydrogen-bond acceptors (Lipinski definition) is 7. The summed E-state index contributed by atoms with van der Waals surface area (Å²) in [5.41, 5.74) is 11.5. The van der Waals surface area contributed by atoms with Crippen LogP contribution in [0.1, 0.15) is 5.69 Å². The average molecular weight is 341 g/mol. The van der Waals surface area contributed by atoms with E-state index in [1.165, 1.54) is 23.6 Å². The summed E-state index contributed by atoms with van der Waals surface area (Å²) in [6.45, 7) is 0.608. The lowest BCUT2D eigenvalue weighted by molar-refractivity contribution is -0.383. The molecule has 0 saturated carbocycles. The molecule has 0 aliphatic rings. The topological polar surface area (TPSA) is 148 Å². The smallest absolute Gasteiger partial charge is 0.310 e. The molecule has 2 aromatic heterocycles. The summed E-state index contributed by atoms with van der Waals surface area (Å²) >= 11 is 3.04. The van der Waals surface area contributed by atoms with Crippen molar-refractivity contribution in [2.75, 3.05) is 17.6 Å². The molecule has 0 aliphatic heterocycles. The van der Waals surface area contributed by atoms with E-state index in [9.17, 15) is 10.1 Å². The van der Waals surface area contributed by atoms with Gasteiger partial charge < -0.3 is 21.8 Å². The van der Waals surface area contributed by atoms with Gasteiger partial charge in [-0.05, 0) is 0 Å². The summed E-state index contributed by atoms with van der Waals surface area (Å²) < 4.78 is 0. The molecule has 0 fully saturated rings. The second-order valence-corrected chi connectivity index (χ2v) is 6.07. The Hall–Kier alpha value is -2.27. The quantitative estimate of drug-likeness (QED) is 0.187. The van der Waals surface area contributed by atoms with Crippen LogP contribution in [-0.2, 0) is 5.75 Å². The summed E-state index contributed by atoms with van der Waals surface area (Å²) in [6, 6.07) is 1.43. The number of aromatic nitrogens is 2. The molecule has 9 nitrogen and oxygen atoms in total. The Balaban J connectivity index is 1.71. The summed E-state index contributed by atoms with van der Waals surface area (Å²) in [5, 5.41) is 16.2. The molecule has 2 aromatic rings. The summed E-state index contributed by atoms with van der Waals surface area (Å²) in [6.07, 6.45) is 1.54.